The summed E-state index contributed by atoms with van der Waals surface area (Å²) in [6.07, 6.45) is 0. The maximum absolute atomic E-state index is 13.4. The van der Waals surface area contributed by atoms with E-state index in [2.05, 4.69) is 4.98 Å². The van der Waals surface area contributed by atoms with Crippen molar-refractivity contribution >= 4 is 23.3 Å². The third-order valence-corrected chi connectivity index (χ3v) is 3.34. The molecule has 0 saturated carbocycles. The number of nitrogens with zero attached hydrogens (tertiary/aromatic N) is 1. The number of fused-ring (bicyclic) bond motifs is 1. The number of benzene rings is 2. The number of rotatable bonds is 1. The van der Waals surface area contributed by atoms with E-state index in [1.807, 2.05) is 6.92 Å². The number of imidazole rings is 1. The molecule has 0 amide bonds. The molecular weight excluding hydrogens is 266 g/mol. The molecule has 5 heteroatoms. The van der Waals surface area contributed by atoms with Crippen molar-refractivity contribution in [3.8, 4) is 5.69 Å². The summed E-state index contributed by atoms with van der Waals surface area (Å²) in [4.78, 5) is 2.93. The second-order valence-electron chi connectivity index (χ2n) is 4.36. The Labute approximate surface area is 113 Å². The molecule has 1 aromatic heterocycles. The number of aromatic nitrogens is 2. The van der Waals surface area contributed by atoms with E-state index < -0.39 is 0 Å². The molecule has 0 atom stereocenters. The van der Waals surface area contributed by atoms with Crippen LogP contribution in [0.4, 0.5) is 8.78 Å². The molecule has 0 unspecified atom stereocenters. The molecule has 96 valence electrons. The van der Waals surface area contributed by atoms with Gasteiger partial charge in [-0.25, -0.2) is 8.78 Å². The molecule has 19 heavy (non-hydrogen) atoms. The SMILES string of the molecule is Cc1ccc(F)cc1-n1c(=S)[nH]c2cc(F)ccc21. The summed E-state index contributed by atoms with van der Waals surface area (Å²) < 4.78 is 28.7. The molecule has 0 saturated heterocycles. The molecule has 2 aromatic carbocycles. The van der Waals surface area contributed by atoms with Crippen molar-refractivity contribution in [1.29, 1.82) is 0 Å². The Bertz CT molecular complexity index is 833. The van der Waals surface area contributed by atoms with Gasteiger partial charge in [0, 0.05) is 0 Å². The molecule has 0 aliphatic carbocycles. The third kappa shape index (κ3) is 1.96. The summed E-state index contributed by atoms with van der Waals surface area (Å²) in [5.74, 6) is -0.675. The molecule has 1 heterocycles. The van der Waals surface area contributed by atoms with Crippen LogP contribution in [0.1, 0.15) is 5.56 Å². The fourth-order valence-electron chi connectivity index (χ4n) is 2.15. The predicted octanol–water partition coefficient (Wildman–Crippen LogP) is 4.27. The molecule has 3 aromatic rings. The number of aryl methyl sites for hydroxylation is 1. The first kappa shape index (κ1) is 12.0. The molecule has 1 N–H and O–H groups in total. The number of hydrogen-bond acceptors (Lipinski definition) is 1. The van der Waals surface area contributed by atoms with Crippen molar-refractivity contribution in [3.63, 3.8) is 0 Å². The normalized spacial score (nSPS) is 11.1. The fraction of sp³-hybridized carbons (Fsp3) is 0.0714. The van der Waals surface area contributed by atoms with Crippen LogP contribution in [0.25, 0.3) is 16.7 Å². The smallest absolute Gasteiger partial charge is 0.182 e. The fourth-order valence-corrected chi connectivity index (χ4v) is 2.45. The lowest BCUT2D eigenvalue weighted by molar-refractivity contribution is 0.626. The Balaban J connectivity index is 2.39. The van der Waals surface area contributed by atoms with Crippen LogP contribution in [0, 0.1) is 23.3 Å². The Morgan fingerprint density at radius 3 is 2.53 bits per heavy atom. The molecule has 0 aliphatic heterocycles. The van der Waals surface area contributed by atoms with Crippen LogP contribution in [-0.2, 0) is 0 Å². The zero-order valence-corrected chi connectivity index (χ0v) is 10.9. The maximum atomic E-state index is 13.4. The standard InChI is InChI=1S/C14H10F2N2S/c1-8-2-3-10(16)7-13(8)18-12-5-4-9(15)6-11(12)17-14(18)19/h2-7H,1H3,(H,17,19). The zero-order valence-electron chi connectivity index (χ0n) is 10.1. The lowest BCUT2D eigenvalue weighted by Gasteiger charge is -2.08. The van der Waals surface area contributed by atoms with Crippen molar-refractivity contribution in [2.24, 2.45) is 0 Å². The van der Waals surface area contributed by atoms with Crippen LogP contribution < -0.4 is 0 Å². The van der Waals surface area contributed by atoms with Gasteiger partial charge in [-0.15, -0.1) is 0 Å². The molecule has 0 aliphatic rings. The monoisotopic (exact) mass is 276 g/mol. The van der Waals surface area contributed by atoms with Gasteiger partial charge in [-0.2, -0.15) is 0 Å². The van der Waals surface area contributed by atoms with Crippen LogP contribution in [-0.4, -0.2) is 9.55 Å². The predicted molar refractivity (Wildman–Crippen MR) is 73.1 cm³/mol. The molecule has 0 spiro atoms. The average Bonchev–Trinajstić information content (AvgIpc) is 2.67. The highest BCUT2D eigenvalue weighted by Gasteiger charge is 2.10. The minimum atomic E-state index is -0.341. The van der Waals surface area contributed by atoms with E-state index >= 15 is 0 Å². The Hall–Kier alpha value is -2.01. The largest absolute Gasteiger partial charge is 0.330 e. The first-order chi connectivity index (χ1) is 9.06. The van der Waals surface area contributed by atoms with E-state index in [-0.39, 0.29) is 11.6 Å². The summed E-state index contributed by atoms with van der Waals surface area (Å²) in [6.45, 7) is 1.87. The van der Waals surface area contributed by atoms with E-state index in [0.717, 1.165) is 11.1 Å². The molecular formula is C14H10F2N2S. The number of halogens is 2. The molecule has 2 nitrogen and oxygen atoms in total. The average molecular weight is 276 g/mol. The van der Waals surface area contributed by atoms with Gasteiger partial charge in [-0.3, -0.25) is 4.57 Å². The highest BCUT2D eigenvalue weighted by Crippen LogP contribution is 2.23. The van der Waals surface area contributed by atoms with Crippen LogP contribution >= 0.6 is 12.2 Å². The molecule has 3 rings (SSSR count). The van der Waals surface area contributed by atoms with E-state index in [1.165, 1.54) is 24.3 Å². The number of H-pyrrole nitrogens is 1. The molecule has 0 bridgehead atoms. The zero-order chi connectivity index (χ0) is 13.6. The number of nitrogens with one attached hydrogen (secondary N) is 1. The highest BCUT2D eigenvalue weighted by molar-refractivity contribution is 7.71. The van der Waals surface area contributed by atoms with Gasteiger partial charge in [-0.1, -0.05) is 6.07 Å². The topological polar surface area (TPSA) is 20.7 Å². The van der Waals surface area contributed by atoms with Crippen molar-refractivity contribution in [3.05, 3.63) is 58.4 Å². The van der Waals surface area contributed by atoms with E-state index in [0.29, 0.717) is 16.0 Å². The van der Waals surface area contributed by atoms with Gasteiger partial charge in [0.2, 0.25) is 0 Å². The van der Waals surface area contributed by atoms with Crippen LogP contribution in [0.5, 0.6) is 0 Å². The molecule has 0 radical (unpaired) electrons. The van der Waals surface area contributed by atoms with Gasteiger partial charge in [0.05, 0.1) is 16.7 Å². The summed E-state index contributed by atoms with van der Waals surface area (Å²) >= 11 is 5.24. The summed E-state index contributed by atoms with van der Waals surface area (Å²) in [5.41, 5.74) is 2.86. The summed E-state index contributed by atoms with van der Waals surface area (Å²) in [5, 5.41) is 0. The van der Waals surface area contributed by atoms with Gasteiger partial charge in [0.1, 0.15) is 11.6 Å². The minimum Gasteiger partial charge on any atom is -0.330 e. The van der Waals surface area contributed by atoms with Gasteiger partial charge >= 0.3 is 0 Å². The first-order valence-corrected chi connectivity index (χ1v) is 6.14. The van der Waals surface area contributed by atoms with Crippen molar-refractivity contribution in [1.82, 2.24) is 9.55 Å². The van der Waals surface area contributed by atoms with Gasteiger partial charge in [0.25, 0.3) is 0 Å². The quantitative estimate of drug-likeness (QED) is 0.658. The Morgan fingerprint density at radius 2 is 1.74 bits per heavy atom. The summed E-state index contributed by atoms with van der Waals surface area (Å²) in [6, 6.07) is 8.86. The maximum Gasteiger partial charge on any atom is 0.182 e. The lowest BCUT2D eigenvalue weighted by atomic mass is 10.2. The lowest BCUT2D eigenvalue weighted by Crippen LogP contribution is -1.98. The second-order valence-corrected chi connectivity index (χ2v) is 4.74. The van der Waals surface area contributed by atoms with Crippen molar-refractivity contribution in [2.75, 3.05) is 0 Å². The minimum absolute atomic E-state index is 0.334. The van der Waals surface area contributed by atoms with Gasteiger partial charge in [-0.05, 0) is 55.0 Å². The molecule has 0 fully saturated rings. The van der Waals surface area contributed by atoms with E-state index in [4.69, 9.17) is 12.2 Å². The van der Waals surface area contributed by atoms with Crippen molar-refractivity contribution < 1.29 is 8.78 Å². The number of hydrogen-bond donors (Lipinski definition) is 1. The Kier molecular flexibility index (Phi) is 2.71. The highest BCUT2D eigenvalue weighted by atomic mass is 32.1. The summed E-state index contributed by atoms with van der Waals surface area (Å²) in [7, 11) is 0. The second kappa shape index (κ2) is 4.28. The van der Waals surface area contributed by atoms with E-state index in [1.54, 1.807) is 16.7 Å². The van der Waals surface area contributed by atoms with Crippen LogP contribution in [0.15, 0.2) is 36.4 Å². The van der Waals surface area contributed by atoms with Gasteiger partial charge in [0.15, 0.2) is 4.77 Å². The first-order valence-electron chi connectivity index (χ1n) is 5.73. The Morgan fingerprint density at radius 1 is 1.05 bits per heavy atom. The van der Waals surface area contributed by atoms with E-state index in [9.17, 15) is 8.78 Å². The number of aromatic amines is 1. The van der Waals surface area contributed by atoms with Gasteiger partial charge < -0.3 is 4.98 Å². The van der Waals surface area contributed by atoms with Crippen LogP contribution in [0.2, 0.25) is 0 Å². The third-order valence-electron chi connectivity index (χ3n) is 3.06. The van der Waals surface area contributed by atoms with Crippen molar-refractivity contribution in [2.45, 2.75) is 6.92 Å². The van der Waals surface area contributed by atoms with Crippen LogP contribution in [0.3, 0.4) is 0 Å².